The van der Waals surface area contributed by atoms with Crippen molar-refractivity contribution in [2.24, 2.45) is 0 Å². The van der Waals surface area contributed by atoms with E-state index in [-0.39, 0.29) is 11.7 Å². The van der Waals surface area contributed by atoms with Crippen LogP contribution in [0, 0.1) is 13.8 Å². The first-order valence-corrected chi connectivity index (χ1v) is 6.70. The SMILES string of the molecule is Cc1cc(NC(=O)c2ccc(Cl)cc2Cl)c(C)cc1O. The number of phenols is 1. The predicted molar refractivity (Wildman–Crippen MR) is 82.0 cm³/mol. The van der Waals surface area contributed by atoms with Gasteiger partial charge in [-0.15, -0.1) is 0 Å². The number of benzene rings is 2. The van der Waals surface area contributed by atoms with E-state index in [2.05, 4.69) is 5.32 Å². The molecule has 5 heteroatoms. The van der Waals surface area contributed by atoms with Gasteiger partial charge in [-0.2, -0.15) is 0 Å². The topological polar surface area (TPSA) is 49.3 Å². The Morgan fingerprint density at radius 1 is 1.10 bits per heavy atom. The van der Waals surface area contributed by atoms with Crippen molar-refractivity contribution in [2.45, 2.75) is 13.8 Å². The third-order valence-electron chi connectivity index (χ3n) is 2.97. The summed E-state index contributed by atoms with van der Waals surface area (Å²) in [7, 11) is 0. The molecule has 0 aliphatic rings. The number of hydrogen-bond donors (Lipinski definition) is 2. The van der Waals surface area contributed by atoms with Gasteiger partial charge in [0.15, 0.2) is 0 Å². The van der Waals surface area contributed by atoms with E-state index in [1.165, 1.54) is 6.07 Å². The molecule has 0 atom stereocenters. The molecule has 0 aromatic heterocycles. The molecule has 2 aromatic rings. The molecule has 0 heterocycles. The molecule has 0 saturated heterocycles. The van der Waals surface area contributed by atoms with Crippen LogP contribution in [0.15, 0.2) is 30.3 Å². The van der Waals surface area contributed by atoms with Gasteiger partial charge in [-0.1, -0.05) is 23.2 Å². The van der Waals surface area contributed by atoms with Crippen molar-refractivity contribution in [3.05, 3.63) is 57.1 Å². The van der Waals surface area contributed by atoms with E-state index in [1.54, 1.807) is 38.1 Å². The summed E-state index contributed by atoms with van der Waals surface area (Å²) in [5, 5.41) is 13.1. The number of halogens is 2. The number of anilines is 1. The predicted octanol–water partition coefficient (Wildman–Crippen LogP) is 4.57. The van der Waals surface area contributed by atoms with Crippen LogP contribution in [0.3, 0.4) is 0 Å². The minimum Gasteiger partial charge on any atom is -0.508 e. The lowest BCUT2D eigenvalue weighted by Crippen LogP contribution is -2.13. The van der Waals surface area contributed by atoms with Crippen molar-refractivity contribution >= 4 is 34.8 Å². The molecule has 2 rings (SSSR count). The van der Waals surface area contributed by atoms with Crippen molar-refractivity contribution in [2.75, 3.05) is 5.32 Å². The summed E-state index contributed by atoms with van der Waals surface area (Å²) < 4.78 is 0. The van der Waals surface area contributed by atoms with E-state index in [1.807, 2.05) is 0 Å². The summed E-state index contributed by atoms with van der Waals surface area (Å²) in [4.78, 5) is 12.2. The maximum absolute atomic E-state index is 12.2. The second-order valence-electron chi connectivity index (χ2n) is 4.53. The van der Waals surface area contributed by atoms with Crippen LogP contribution in [0.5, 0.6) is 5.75 Å². The smallest absolute Gasteiger partial charge is 0.257 e. The van der Waals surface area contributed by atoms with Crippen molar-refractivity contribution < 1.29 is 9.90 Å². The van der Waals surface area contributed by atoms with Gasteiger partial charge in [0.05, 0.1) is 10.6 Å². The van der Waals surface area contributed by atoms with Crippen LogP contribution in [0.4, 0.5) is 5.69 Å². The molecule has 0 bridgehead atoms. The Bertz CT molecular complexity index is 684. The minimum atomic E-state index is -0.320. The van der Waals surface area contributed by atoms with Crippen LogP contribution in [0.1, 0.15) is 21.5 Å². The lowest BCUT2D eigenvalue weighted by Gasteiger charge is -2.11. The van der Waals surface area contributed by atoms with Gasteiger partial charge in [-0.3, -0.25) is 4.79 Å². The summed E-state index contributed by atoms with van der Waals surface area (Å²) in [5.74, 6) is -0.120. The van der Waals surface area contributed by atoms with E-state index < -0.39 is 0 Å². The Labute approximate surface area is 127 Å². The maximum atomic E-state index is 12.2. The molecule has 0 fully saturated rings. The molecule has 2 N–H and O–H groups in total. The molecular weight excluding hydrogens is 297 g/mol. The molecule has 104 valence electrons. The standard InChI is InChI=1S/C15H13Cl2NO2/c1-8-6-14(19)9(2)5-13(8)18-15(20)11-4-3-10(16)7-12(11)17/h3-7,19H,1-2H3,(H,18,20). The van der Waals surface area contributed by atoms with Crippen LogP contribution in [-0.2, 0) is 0 Å². The highest BCUT2D eigenvalue weighted by Crippen LogP contribution is 2.27. The average molecular weight is 310 g/mol. The van der Waals surface area contributed by atoms with E-state index >= 15 is 0 Å². The molecule has 0 saturated carbocycles. The Morgan fingerprint density at radius 2 is 1.80 bits per heavy atom. The third-order valence-corrected chi connectivity index (χ3v) is 3.51. The summed E-state index contributed by atoms with van der Waals surface area (Å²) >= 11 is 11.8. The van der Waals surface area contributed by atoms with Crippen LogP contribution in [-0.4, -0.2) is 11.0 Å². The van der Waals surface area contributed by atoms with Gasteiger partial charge in [0, 0.05) is 10.7 Å². The Hall–Kier alpha value is -1.71. The molecule has 1 amide bonds. The highest BCUT2D eigenvalue weighted by atomic mass is 35.5. The fourth-order valence-electron chi connectivity index (χ4n) is 1.80. The zero-order valence-corrected chi connectivity index (χ0v) is 12.5. The molecule has 0 aliphatic carbocycles. The zero-order valence-electron chi connectivity index (χ0n) is 11.0. The van der Waals surface area contributed by atoms with Gasteiger partial charge in [0.2, 0.25) is 0 Å². The number of amides is 1. The Kier molecular flexibility index (Phi) is 4.21. The van der Waals surface area contributed by atoms with E-state index in [0.717, 1.165) is 5.56 Å². The first kappa shape index (κ1) is 14.7. The van der Waals surface area contributed by atoms with Crippen molar-refractivity contribution in [3.8, 4) is 5.75 Å². The highest BCUT2D eigenvalue weighted by molar-refractivity contribution is 6.37. The van der Waals surface area contributed by atoms with Crippen molar-refractivity contribution in [1.29, 1.82) is 0 Å². The second-order valence-corrected chi connectivity index (χ2v) is 5.38. The highest BCUT2D eigenvalue weighted by Gasteiger charge is 2.13. The number of carbonyl (C=O) groups excluding carboxylic acids is 1. The largest absolute Gasteiger partial charge is 0.508 e. The van der Waals surface area contributed by atoms with Crippen LogP contribution < -0.4 is 5.32 Å². The summed E-state index contributed by atoms with van der Waals surface area (Å²) in [6, 6.07) is 8.02. The second kappa shape index (κ2) is 5.73. The first-order chi connectivity index (χ1) is 9.38. The summed E-state index contributed by atoms with van der Waals surface area (Å²) in [5.41, 5.74) is 2.44. The number of rotatable bonds is 2. The molecular formula is C15H13Cl2NO2. The van der Waals surface area contributed by atoms with Crippen LogP contribution in [0.2, 0.25) is 10.0 Å². The lowest BCUT2D eigenvalue weighted by molar-refractivity contribution is 0.102. The first-order valence-electron chi connectivity index (χ1n) is 5.95. The number of aromatic hydroxyl groups is 1. The minimum absolute atomic E-state index is 0.199. The number of carbonyl (C=O) groups is 1. The van der Waals surface area contributed by atoms with E-state index in [0.29, 0.717) is 26.9 Å². The molecule has 0 aliphatic heterocycles. The van der Waals surface area contributed by atoms with Gasteiger partial charge in [-0.25, -0.2) is 0 Å². The molecule has 0 spiro atoms. The normalized spacial score (nSPS) is 10.4. The van der Waals surface area contributed by atoms with Crippen LogP contribution in [0.25, 0.3) is 0 Å². The van der Waals surface area contributed by atoms with Gasteiger partial charge >= 0.3 is 0 Å². The number of aryl methyl sites for hydroxylation is 2. The molecule has 0 radical (unpaired) electrons. The van der Waals surface area contributed by atoms with Gasteiger partial charge < -0.3 is 10.4 Å². The summed E-state index contributed by atoms with van der Waals surface area (Å²) in [6.45, 7) is 3.57. The maximum Gasteiger partial charge on any atom is 0.257 e. The van der Waals surface area contributed by atoms with Crippen LogP contribution >= 0.6 is 23.2 Å². The quantitative estimate of drug-likeness (QED) is 0.798. The number of phenolic OH excluding ortho intramolecular Hbond substituents is 1. The van der Waals surface area contributed by atoms with E-state index in [9.17, 15) is 9.90 Å². The summed E-state index contributed by atoms with van der Waals surface area (Å²) in [6.07, 6.45) is 0. The Balaban J connectivity index is 2.30. The zero-order chi connectivity index (χ0) is 14.9. The average Bonchev–Trinajstić information content (AvgIpc) is 2.35. The third kappa shape index (κ3) is 3.06. The molecule has 0 unspecified atom stereocenters. The fraction of sp³-hybridized carbons (Fsp3) is 0.133. The van der Waals surface area contributed by atoms with Crippen molar-refractivity contribution in [3.63, 3.8) is 0 Å². The lowest BCUT2D eigenvalue weighted by atomic mass is 10.1. The molecule has 20 heavy (non-hydrogen) atoms. The van der Waals surface area contributed by atoms with Gasteiger partial charge in [-0.05, 0) is 55.3 Å². The fourth-order valence-corrected chi connectivity index (χ4v) is 2.29. The van der Waals surface area contributed by atoms with Gasteiger partial charge in [0.1, 0.15) is 5.75 Å². The molecule has 2 aromatic carbocycles. The Morgan fingerprint density at radius 3 is 2.45 bits per heavy atom. The van der Waals surface area contributed by atoms with Gasteiger partial charge in [0.25, 0.3) is 5.91 Å². The number of hydrogen-bond acceptors (Lipinski definition) is 2. The molecule has 3 nitrogen and oxygen atoms in total. The van der Waals surface area contributed by atoms with Crippen molar-refractivity contribution in [1.82, 2.24) is 0 Å². The monoisotopic (exact) mass is 309 g/mol. The van der Waals surface area contributed by atoms with E-state index in [4.69, 9.17) is 23.2 Å². The number of nitrogens with one attached hydrogen (secondary N) is 1.